The molecule has 0 aliphatic heterocycles. The van der Waals surface area contributed by atoms with E-state index in [9.17, 15) is 4.79 Å². The summed E-state index contributed by atoms with van der Waals surface area (Å²) in [7, 11) is 3.33. The van der Waals surface area contributed by atoms with Crippen molar-refractivity contribution in [2.24, 2.45) is 0 Å². The summed E-state index contributed by atoms with van der Waals surface area (Å²) in [5.41, 5.74) is 0.338. The zero-order valence-corrected chi connectivity index (χ0v) is 5.87. The molecule has 0 saturated heterocycles. The summed E-state index contributed by atoms with van der Waals surface area (Å²) < 4.78 is 4.49. The Morgan fingerprint density at radius 1 is 1.70 bits per heavy atom. The van der Waals surface area contributed by atoms with Crippen molar-refractivity contribution in [2.45, 2.75) is 0 Å². The molecule has 0 N–H and O–H groups in total. The van der Waals surface area contributed by atoms with Crippen LogP contribution in [0.4, 0.5) is 0 Å². The second kappa shape index (κ2) is 2.51. The maximum atomic E-state index is 11.0. The normalized spacial score (nSPS) is 9.40. The van der Waals surface area contributed by atoms with E-state index in [0.29, 0.717) is 5.69 Å². The Hall–Kier alpha value is -1.32. The van der Waals surface area contributed by atoms with Crippen LogP contribution < -0.4 is 0 Å². The van der Waals surface area contributed by atoms with Crippen LogP contribution in [-0.2, 0) is 0 Å². The lowest BCUT2D eigenvalue weighted by molar-refractivity contribution is 0.0817. The lowest BCUT2D eigenvalue weighted by Crippen LogP contribution is -2.21. The molecule has 4 nitrogen and oxygen atoms in total. The number of aromatic nitrogens is 1. The number of rotatable bonds is 1. The molecule has 0 saturated carbocycles. The van der Waals surface area contributed by atoms with Gasteiger partial charge in [-0.2, -0.15) is 0 Å². The Morgan fingerprint density at radius 3 is 2.80 bits per heavy atom. The molecule has 0 aliphatic carbocycles. The van der Waals surface area contributed by atoms with Gasteiger partial charge in [-0.15, -0.1) is 0 Å². The quantitative estimate of drug-likeness (QED) is 0.566. The standard InChI is InChI=1S/C6H8N2O2/c1-8(2)6(9)5-3-4-10-7-5/h3-4H,1-2H3. The predicted octanol–water partition coefficient (Wildman–Crippen LogP) is 0.376. The molecule has 0 aromatic carbocycles. The van der Waals surface area contributed by atoms with Gasteiger partial charge in [-0.3, -0.25) is 4.79 Å². The van der Waals surface area contributed by atoms with E-state index < -0.39 is 0 Å². The summed E-state index contributed by atoms with van der Waals surface area (Å²) in [6, 6.07) is 1.53. The molecule has 54 valence electrons. The first-order chi connectivity index (χ1) is 4.72. The second-order valence-corrected chi connectivity index (χ2v) is 2.08. The third-order valence-corrected chi connectivity index (χ3v) is 1.06. The summed E-state index contributed by atoms with van der Waals surface area (Å²) in [6.45, 7) is 0. The van der Waals surface area contributed by atoms with E-state index in [-0.39, 0.29) is 5.91 Å². The van der Waals surface area contributed by atoms with Gasteiger partial charge in [0.2, 0.25) is 0 Å². The van der Waals surface area contributed by atoms with E-state index in [2.05, 4.69) is 9.68 Å². The van der Waals surface area contributed by atoms with E-state index in [1.54, 1.807) is 14.1 Å². The number of hydrogen-bond acceptors (Lipinski definition) is 3. The van der Waals surface area contributed by atoms with Crippen LogP contribution in [0.3, 0.4) is 0 Å². The Labute approximate surface area is 58.4 Å². The van der Waals surface area contributed by atoms with Crippen LogP contribution in [0.25, 0.3) is 0 Å². The molecule has 10 heavy (non-hydrogen) atoms. The van der Waals surface area contributed by atoms with Crippen LogP contribution in [0.5, 0.6) is 0 Å². The summed E-state index contributed by atoms with van der Waals surface area (Å²) in [6.07, 6.45) is 1.37. The van der Waals surface area contributed by atoms with Crippen LogP contribution in [0, 0.1) is 0 Å². The largest absolute Gasteiger partial charge is 0.364 e. The van der Waals surface area contributed by atoms with Gasteiger partial charge in [-0.05, 0) is 0 Å². The Bertz CT molecular complexity index is 216. The van der Waals surface area contributed by atoms with Crippen molar-refractivity contribution in [1.82, 2.24) is 10.1 Å². The minimum atomic E-state index is -0.145. The van der Waals surface area contributed by atoms with Crippen LogP contribution >= 0.6 is 0 Å². The van der Waals surface area contributed by atoms with Gasteiger partial charge < -0.3 is 9.42 Å². The van der Waals surface area contributed by atoms with Gasteiger partial charge in [-0.25, -0.2) is 0 Å². The lowest BCUT2D eigenvalue weighted by Gasteiger charge is -2.05. The maximum absolute atomic E-state index is 11.0. The monoisotopic (exact) mass is 140 g/mol. The van der Waals surface area contributed by atoms with Crippen molar-refractivity contribution >= 4 is 5.91 Å². The highest BCUT2D eigenvalue weighted by atomic mass is 16.5. The molecule has 0 atom stereocenters. The van der Waals surface area contributed by atoms with Crippen molar-refractivity contribution in [1.29, 1.82) is 0 Å². The average Bonchev–Trinajstić information content (AvgIpc) is 2.36. The van der Waals surface area contributed by atoms with Crippen molar-refractivity contribution in [3.8, 4) is 0 Å². The van der Waals surface area contributed by atoms with E-state index in [1.165, 1.54) is 17.2 Å². The first-order valence-corrected chi connectivity index (χ1v) is 2.84. The molecule has 0 radical (unpaired) electrons. The summed E-state index contributed by atoms with van der Waals surface area (Å²) in [4.78, 5) is 12.5. The number of hydrogen-bond donors (Lipinski definition) is 0. The molecule has 1 aromatic rings. The van der Waals surface area contributed by atoms with Gasteiger partial charge in [0.1, 0.15) is 6.26 Å². The van der Waals surface area contributed by atoms with Crippen LogP contribution in [0.2, 0.25) is 0 Å². The minimum absolute atomic E-state index is 0.145. The molecule has 4 heteroatoms. The Morgan fingerprint density at radius 2 is 2.40 bits per heavy atom. The Balaban J connectivity index is 2.78. The van der Waals surface area contributed by atoms with Gasteiger partial charge in [0.15, 0.2) is 5.69 Å². The molecule has 0 bridgehead atoms. The maximum Gasteiger partial charge on any atom is 0.275 e. The number of nitrogens with zero attached hydrogens (tertiary/aromatic N) is 2. The van der Waals surface area contributed by atoms with Gasteiger partial charge in [0.05, 0.1) is 0 Å². The number of carbonyl (C=O) groups excluding carboxylic acids is 1. The first kappa shape index (κ1) is 6.80. The fourth-order valence-electron chi connectivity index (χ4n) is 0.552. The smallest absolute Gasteiger partial charge is 0.275 e. The van der Waals surface area contributed by atoms with Crippen molar-refractivity contribution in [3.63, 3.8) is 0 Å². The van der Waals surface area contributed by atoms with Gasteiger partial charge in [0.25, 0.3) is 5.91 Å². The molecular formula is C6H8N2O2. The molecule has 1 rings (SSSR count). The third kappa shape index (κ3) is 1.15. The van der Waals surface area contributed by atoms with E-state index >= 15 is 0 Å². The third-order valence-electron chi connectivity index (χ3n) is 1.06. The lowest BCUT2D eigenvalue weighted by atomic mass is 10.4. The molecular weight excluding hydrogens is 132 g/mol. The van der Waals surface area contributed by atoms with Crippen molar-refractivity contribution in [3.05, 3.63) is 18.0 Å². The van der Waals surface area contributed by atoms with Gasteiger partial charge in [-0.1, -0.05) is 5.16 Å². The SMILES string of the molecule is CN(C)C(=O)c1ccon1. The summed E-state index contributed by atoms with van der Waals surface area (Å²) in [5.74, 6) is -0.145. The average molecular weight is 140 g/mol. The zero-order valence-electron chi connectivity index (χ0n) is 5.87. The van der Waals surface area contributed by atoms with Crippen LogP contribution in [-0.4, -0.2) is 30.1 Å². The molecule has 0 spiro atoms. The molecule has 0 fully saturated rings. The highest BCUT2D eigenvalue weighted by molar-refractivity contribution is 5.91. The minimum Gasteiger partial charge on any atom is -0.364 e. The van der Waals surface area contributed by atoms with Gasteiger partial charge in [0, 0.05) is 20.2 Å². The number of carbonyl (C=O) groups is 1. The van der Waals surface area contributed by atoms with Crippen molar-refractivity contribution in [2.75, 3.05) is 14.1 Å². The molecule has 0 aliphatic rings. The Kier molecular flexibility index (Phi) is 1.71. The van der Waals surface area contributed by atoms with Crippen LogP contribution in [0.1, 0.15) is 10.5 Å². The molecule has 1 amide bonds. The highest BCUT2D eigenvalue weighted by Gasteiger charge is 2.09. The second-order valence-electron chi connectivity index (χ2n) is 2.08. The molecule has 1 heterocycles. The highest BCUT2D eigenvalue weighted by Crippen LogP contribution is 1.96. The van der Waals surface area contributed by atoms with E-state index in [0.717, 1.165) is 0 Å². The summed E-state index contributed by atoms with van der Waals surface area (Å²) in [5, 5.41) is 3.47. The topological polar surface area (TPSA) is 46.3 Å². The summed E-state index contributed by atoms with van der Waals surface area (Å²) >= 11 is 0. The first-order valence-electron chi connectivity index (χ1n) is 2.84. The fraction of sp³-hybridized carbons (Fsp3) is 0.333. The zero-order chi connectivity index (χ0) is 7.56. The fourth-order valence-corrected chi connectivity index (χ4v) is 0.552. The van der Waals surface area contributed by atoms with E-state index in [4.69, 9.17) is 0 Å². The number of amides is 1. The molecule has 0 unspecified atom stereocenters. The van der Waals surface area contributed by atoms with E-state index in [1.807, 2.05) is 0 Å². The molecule has 1 aromatic heterocycles. The van der Waals surface area contributed by atoms with Crippen LogP contribution in [0.15, 0.2) is 16.9 Å². The van der Waals surface area contributed by atoms with Gasteiger partial charge >= 0.3 is 0 Å². The predicted molar refractivity (Wildman–Crippen MR) is 34.5 cm³/mol. The van der Waals surface area contributed by atoms with Crippen molar-refractivity contribution < 1.29 is 9.32 Å².